The van der Waals surface area contributed by atoms with E-state index in [-0.39, 0.29) is 12.8 Å². The van der Waals surface area contributed by atoms with Gasteiger partial charge in [0.1, 0.15) is 0 Å². The molecule has 6 heavy (non-hydrogen) atoms. The molecule has 4 nitrogen and oxygen atoms in total. The van der Waals surface area contributed by atoms with Crippen molar-refractivity contribution in [3.8, 4) is 0 Å². The Labute approximate surface area is 34.4 Å². The van der Waals surface area contributed by atoms with E-state index in [9.17, 15) is 0 Å². The second kappa shape index (κ2) is 0.737. The van der Waals surface area contributed by atoms with E-state index in [1.807, 2.05) is 0 Å². The number of fused-ring (bicyclic) bond motifs is 1. The summed E-state index contributed by atoms with van der Waals surface area (Å²) in [5.41, 5.74) is 3.48. The fourth-order valence-corrected chi connectivity index (χ4v) is 0.461. The Morgan fingerprint density at radius 1 is 1.67 bits per heavy atom. The van der Waals surface area contributed by atoms with Crippen LogP contribution in [0, 0.1) is 0 Å². The van der Waals surface area contributed by atoms with Crippen molar-refractivity contribution in [3.63, 3.8) is 0 Å². The van der Waals surface area contributed by atoms with Crippen LogP contribution >= 0.6 is 0 Å². The molecule has 3 heterocycles. The number of nitrogens with zero attached hydrogens (tertiary/aromatic N) is 1. The molecule has 2 atom stereocenters. The molecule has 0 spiro atoms. The molecular weight excluding hydrogens is 84.0 g/mol. The Morgan fingerprint density at radius 3 is 2.67 bits per heavy atom. The molecule has 33 valence electrons. The molecule has 3 saturated heterocycles. The van der Waals surface area contributed by atoms with E-state index in [1.54, 1.807) is 0 Å². The van der Waals surface area contributed by atoms with E-state index in [0.717, 1.165) is 0 Å². The van der Waals surface area contributed by atoms with Crippen molar-refractivity contribution >= 4 is 0 Å². The maximum absolute atomic E-state index is 4.75. The summed E-state index contributed by atoms with van der Waals surface area (Å²) in [5.74, 6) is 0. The monoisotopic (exact) mass is 87.0 g/mol. The van der Waals surface area contributed by atoms with E-state index >= 15 is 0 Å². The standard InChI is InChI=1S/C2H3N2O2/c3-1-4-6-2(3)5-1/h1-3H. The molecular formula is C2H3N2O2. The largest absolute Gasteiger partial charge is 0.302 e. The summed E-state index contributed by atoms with van der Waals surface area (Å²) in [4.78, 5) is 4.52. The Hall–Kier alpha value is -0.160. The van der Waals surface area contributed by atoms with Crippen molar-refractivity contribution in [2.45, 2.75) is 12.8 Å². The van der Waals surface area contributed by atoms with Gasteiger partial charge >= 0.3 is 0 Å². The van der Waals surface area contributed by atoms with Gasteiger partial charge in [-0.15, -0.1) is 0 Å². The summed E-state index contributed by atoms with van der Waals surface area (Å²) in [5, 5.41) is 2.81. The number of rotatable bonds is 0. The van der Waals surface area contributed by atoms with E-state index in [0.29, 0.717) is 0 Å². The Morgan fingerprint density at radius 2 is 2.50 bits per heavy atom. The fraction of sp³-hybridized carbons (Fsp3) is 1.00. The third-order valence-electron chi connectivity index (χ3n) is 0.783. The second-order valence-electron chi connectivity index (χ2n) is 1.20. The highest BCUT2D eigenvalue weighted by atomic mass is 16.9. The predicted octanol–water partition coefficient (Wildman–Crippen LogP) is -1.28. The van der Waals surface area contributed by atoms with E-state index in [2.05, 4.69) is 15.6 Å². The molecule has 3 fully saturated rings. The summed E-state index contributed by atoms with van der Waals surface area (Å²) in [6.07, 6.45) is -0.384. The van der Waals surface area contributed by atoms with Crippen LogP contribution in [0.5, 0.6) is 0 Å². The third kappa shape index (κ3) is 0.188. The van der Waals surface area contributed by atoms with Gasteiger partial charge in [-0.05, 0) is 5.48 Å². The Bertz CT molecular complexity index is 56.4. The minimum atomic E-state index is -0.227. The van der Waals surface area contributed by atoms with E-state index in [1.165, 1.54) is 0 Å². The zero-order valence-corrected chi connectivity index (χ0v) is 2.92. The van der Waals surface area contributed by atoms with Gasteiger partial charge in [-0.25, -0.2) is 10.2 Å². The van der Waals surface area contributed by atoms with Crippen LogP contribution in [0.2, 0.25) is 0 Å². The van der Waals surface area contributed by atoms with Crippen LogP contribution in [0.3, 0.4) is 0 Å². The first-order valence-electron chi connectivity index (χ1n) is 1.73. The lowest BCUT2D eigenvalue weighted by Gasteiger charge is -2.18. The van der Waals surface area contributed by atoms with Gasteiger partial charge in [0.05, 0.1) is 0 Å². The van der Waals surface area contributed by atoms with Crippen LogP contribution in [0.25, 0.3) is 0 Å². The lowest BCUT2D eigenvalue weighted by molar-refractivity contribution is -0.173. The minimum absolute atomic E-state index is 0.157. The SMILES string of the molecule is [N]1OC2NC1O2. The first-order chi connectivity index (χ1) is 2.95. The molecule has 4 heteroatoms. The zero-order chi connectivity index (χ0) is 3.98. The molecule has 3 aliphatic heterocycles. The zero-order valence-electron chi connectivity index (χ0n) is 2.92. The van der Waals surface area contributed by atoms with E-state index in [4.69, 9.17) is 4.74 Å². The van der Waals surface area contributed by atoms with Crippen molar-refractivity contribution in [2.24, 2.45) is 0 Å². The Balaban J connectivity index is 2.16. The van der Waals surface area contributed by atoms with Crippen LogP contribution in [0.4, 0.5) is 0 Å². The predicted molar refractivity (Wildman–Crippen MR) is 15.0 cm³/mol. The highest BCUT2D eigenvalue weighted by Crippen LogP contribution is 2.13. The summed E-state index contributed by atoms with van der Waals surface area (Å²) >= 11 is 0. The first-order valence-corrected chi connectivity index (χ1v) is 1.73. The molecule has 3 aliphatic rings. The smallest absolute Gasteiger partial charge is 0.242 e. The maximum Gasteiger partial charge on any atom is 0.242 e. The molecule has 3 rings (SSSR count). The summed E-state index contributed by atoms with van der Waals surface area (Å²) < 4.78 is 4.75. The van der Waals surface area contributed by atoms with Gasteiger partial charge in [0.2, 0.25) is 12.8 Å². The summed E-state index contributed by atoms with van der Waals surface area (Å²) in [7, 11) is 0. The normalized spacial score (nSPS) is 52.0. The third-order valence-corrected chi connectivity index (χ3v) is 0.783. The highest BCUT2D eigenvalue weighted by molar-refractivity contribution is 4.63. The van der Waals surface area contributed by atoms with Gasteiger partial charge in [-0.1, -0.05) is 0 Å². The highest BCUT2D eigenvalue weighted by Gasteiger charge is 2.39. The van der Waals surface area contributed by atoms with Crippen molar-refractivity contribution in [1.29, 1.82) is 0 Å². The molecule has 2 unspecified atom stereocenters. The van der Waals surface area contributed by atoms with Crippen molar-refractivity contribution in [1.82, 2.24) is 10.8 Å². The molecule has 1 N–H and O–H groups in total. The molecule has 2 bridgehead atoms. The molecule has 0 amide bonds. The molecule has 0 aromatic carbocycles. The van der Waals surface area contributed by atoms with Crippen molar-refractivity contribution < 1.29 is 9.57 Å². The topological polar surface area (TPSA) is 44.6 Å². The average Bonchev–Trinajstić information content (AvgIpc) is 1.72. The van der Waals surface area contributed by atoms with Crippen LogP contribution in [-0.4, -0.2) is 12.8 Å². The van der Waals surface area contributed by atoms with Gasteiger partial charge in [-0.2, -0.15) is 0 Å². The van der Waals surface area contributed by atoms with Crippen LogP contribution in [0.15, 0.2) is 0 Å². The molecule has 1 radical (unpaired) electrons. The lowest BCUT2D eigenvalue weighted by atomic mass is 10.8. The summed E-state index contributed by atoms with van der Waals surface area (Å²) in [6.45, 7) is 0. The van der Waals surface area contributed by atoms with Crippen molar-refractivity contribution in [3.05, 3.63) is 0 Å². The van der Waals surface area contributed by atoms with Gasteiger partial charge in [0.15, 0.2) is 0 Å². The van der Waals surface area contributed by atoms with E-state index < -0.39 is 0 Å². The number of ether oxygens (including phenoxy) is 1. The average molecular weight is 87.1 g/mol. The van der Waals surface area contributed by atoms with Crippen LogP contribution in [-0.2, 0) is 9.57 Å². The molecule has 0 saturated carbocycles. The van der Waals surface area contributed by atoms with Gasteiger partial charge in [-0.3, -0.25) is 0 Å². The minimum Gasteiger partial charge on any atom is -0.302 e. The number of hydroxylamine groups is 1. The Kier molecular flexibility index (Phi) is 0.359. The number of hydrogen-bond acceptors (Lipinski definition) is 3. The quantitative estimate of drug-likeness (QED) is 0.400. The van der Waals surface area contributed by atoms with Gasteiger partial charge in [0.25, 0.3) is 0 Å². The van der Waals surface area contributed by atoms with Gasteiger partial charge < -0.3 is 4.74 Å². The van der Waals surface area contributed by atoms with Gasteiger partial charge in [0, 0.05) is 0 Å². The first kappa shape index (κ1) is 2.92. The molecule has 0 aromatic heterocycles. The fourth-order valence-electron chi connectivity index (χ4n) is 0.461. The maximum atomic E-state index is 4.75. The molecule has 0 aromatic rings. The number of nitrogens with one attached hydrogen (secondary N) is 1. The number of hydrogen-bond donors (Lipinski definition) is 1. The van der Waals surface area contributed by atoms with Crippen molar-refractivity contribution in [2.75, 3.05) is 0 Å². The van der Waals surface area contributed by atoms with Crippen LogP contribution in [0.1, 0.15) is 0 Å². The summed E-state index contributed by atoms with van der Waals surface area (Å²) in [6, 6.07) is 0. The second-order valence-corrected chi connectivity index (χ2v) is 1.20. The lowest BCUT2D eigenvalue weighted by Crippen LogP contribution is -2.48. The van der Waals surface area contributed by atoms with Crippen LogP contribution < -0.4 is 10.8 Å². The molecule has 0 aliphatic carbocycles.